The Morgan fingerprint density at radius 3 is 1.67 bits per heavy atom. The van der Waals surface area contributed by atoms with Crippen LogP contribution in [0.4, 0.5) is 17.1 Å². The lowest BCUT2D eigenvalue weighted by Gasteiger charge is -2.53. The molecule has 1 nitrogen and oxygen atoms in total. The highest BCUT2D eigenvalue weighted by atomic mass is 15.1. The van der Waals surface area contributed by atoms with Crippen molar-refractivity contribution in [3.05, 3.63) is 150 Å². The van der Waals surface area contributed by atoms with Gasteiger partial charge in [0.15, 0.2) is 0 Å². The van der Waals surface area contributed by atoms with Crippen LogP contribution >= 0.6 is 0 Å². The van der Waals surface area contributed by atoms with Crippen LogP contribution in [0.25, 0.3) is 33.0 Å². The van der Waals surface area contributed by atoms with Gasteiger partial charge in [-0.3, -0.25) is 0 Å². The van der Waals surface area contributed by atoms with Gasteiger partial charge in [-0.2, -0.15) is 0 Å². The zero-order chi connectivity index (χ0) is 37.0. The predicted molar refractivity (Wildman–Crippen MR) is 234 cm³/mol. The first-order valence-corrected chi connectivity index (χ1v) is 22.9. The van der Waals surface area contributed by atoms with Crippen LogP contribution in [0.3, 0.4) is 0 Å². The zero-order valence-electron chi connectivity index (χ0n) is 33.2. The van der Waals surface area contributed by atoms with E-state index in [0.29, 0.717) is 0 Å². The van der Waals surface area contributed by atoms with E-state index in [-0.39, 0.29) is 10.8 Å². The van der Waals surface area contributed by atoms with E-state index in [1.807, 2.05) is 0 Å². The molecule has 10 aliphatic rings. The molecule has 1 heteroatoms. The fourth-order valence-electron chi connectivity index (χ4n) is 16.7. The molecule has 10 unspecified atom stereocenters. The molecule has 57 heavy (non-hydrogen) atoms. The predicted octanol–water partition coefficient (Wildman–Crippen LogP) is 14.5. The Morgan fingerprint density at radius 1 is 0.368 bits per heavy atom. The molecule has 0 radical (unpaired) electrons. The van der Waals surface area contributed by atoms with Crippen LogP contribution in [-0.4, -0.2) is 0 Å². The molecule has 0 heterocycles. The summed E-state index contributed by atoms with van der Waals surface area (Å²) in [6.07, 6.45) is 17.1. The Bertz CT molecular complexity index is 2630. The fourth-order valence-corrected chi connectivity index (χ4v) is 16.7. The van der Waals surface area contributed by atoms with Crippen molar-refractivity contribution in [1.82, 2.24) is 0 Å². The largest absolute Gasteiger partial charge is 0.310 e. The second kappa shape index (κ2) is 11.5. The third-order valence-electron chi connectivity index (χ3n) is 18.2. The van der Waals surface area contributed by atoms with Gasteiger partial charge in [0.25, 0.3) is 0 Å². The lowest BCUT2D eigenvalue weighted by molar-refractivity contribution is 0.0618. The Balaban J connectivity index is 1.03. The van der Waals surface area contributed by atoms with Gasteiger partial charge in [0.1, 0.15) is 0 Å². The highest BCUT2D eigenvalue weighted by molar-refractivity contribution is 5.98. The number of anilines is 3. The summed E-state index contributed by atoms with van der Waals surface area (Å²) in [5.41, 5.74) is 16.8. The molecule has 2 spiro atoms. The molecular formula is C56H53N. The molecule has 10 aliphatic carbocycles. The van der Waals surface area contributed by atoms with E-state index in [2.05, 4.69) is 132 Å². The van der Waals surface area contributed by atoms with Crippen molar-refractivity contribution in [2.45, 2.75) is 87.9 Å². The zero-order valence-corrected chi connectivity index (χ0v) is 33.2. The maximum absolute atomic E-state index is 2.73. The first-order valence-electron chi connectivity index (χ1n) is 22.9. The third-order valence-corrected chi connectivity index (χ3v) is 18.2. The van der Waals surface area contributed by atoms with E-state index in [1.165, 1.54) is 127 Å². The molecule has 0 amide bonds. The van der Waals surface area contributed by atoms with E-state index in [1.54, 1.807) is 22.3 Å². The average Bonchev–Trinajstić information content (AvgIpc) is 3.48. The summed E-state index contributed by atoms with van der Waals surface area (Å²) in [6.45, 7) is 0. The molecule has 16 rings (SSSR count). The van der Waals surface area contributed by atoms with Crippen LogP contribution in [-0.2, 0) is 10.8 Å². The Kier molecular flexibility index (Phi) is 6.54. The molecule has 8 saturated carbocycles. The standard InChI is InChI=1S/C56H53N/c1-2-9-39-32-44(21-18-38(39)8-1)57(45-22-23-47-46-10-3-5-12-49(46)56(52(47)33-45)41-20-17-35-25-37(29-41)31-43(56)27-35)53-15-7-14-51-54(53)48-11-4-6-13-50(48)55(51)40-19-16-34-24-36(28-40)30-42(55)26-34/h1-15,18,21-23,32-37,40-43H,16-17,19-20,24-31H2. The number of fused-ring (bicyclic) bond motifs is 9. The van der Waals surface area contributed by atoms with E-state index >= 15 is 0 Å². The summed E-state index contributed by atoms with van der Waals surface area (Å²) in [5, 5.41) is 2.62. The highest BCUT2D eigenvalue weighted by Crippen LogP contribution is 2.70. The summed E-state index contributed by atoms with van der Waals surface area (Å²) in [6, 6.07) is 50.9. The molecule has 10 atom stereocenters. The number of hydrogen-bond donors (Lipinski definition) is 0. The topological polar surface area (TPSA) is 3.24 Å². The smallest absolute Gasteiger partial charge is 0.0543 e. The van der Waals surface area contributed by atoms with Crippen molar-refractivity contribution in [1.29, 1.82) is 0 Å². The monoisotopic (exact) mass is 739 g/mol. The first-order chi connectivity index (χ1) is 28.2. The number of rotatable bonds is 3. The van der Waals surface area contributed by atoms with Crippen LogP contribution in [0.5, 0.6) is 0 Å². The van der Waals surface area contributed by atoms with E-state index in [4.69, 9.17) is 0 Å². The fraction of sp³-hybridized carbons (Fsp3) is 0.393. The molecule has 8 fully saturated rings. The molecule has 0 saturated heterocycles. The van der Waals surface area contributed by atoms with Crippen LogP contribution in [0.2, 0.25) is 0 Å². The van der Waals surface area contributed by atoms with Crippen molar-refractivity contribution in [3.8, 4) is 22.3 Å². The van der Waals surface area contributed by atoms with Crippen LogP contribution in [0.1, 0.15) is 99.3 Å². The van der Waals surface area contributed by atoms with Gasteiger partial charge < -0.3 is 4.90 Å². The van der Waals surface area contributed by atoms with Gasteiger partial charge in [-0.05, 0) is 192 Å². The van der Waals surface area contributed by atoms with Gasteiger partial charge in [0, 0.05) is 27.8 Å². The maximum Gasteiger partial charge on any atom is 0.0543 e. The summed E-state index contributed by atoms with van der Waals surface area (Å²) >= 11 is 0. The number of nitrogens with zero attached hydrogens (tertiary/aromatic N) is 1. The van der Waals surface area contributed by atoms with Crippen LogP contribution in [0, 0.1) is 47.3 Å². The van der Waals surface area contributed by atoms with Gasteiger partial charge in [0.05, 0.1) is 5.69 Å². The van der Waals surface area contributed by atoms with E-state index in [0.717, 1.165) is 47.3 Å². The first kappa shape index (κ1) is 32.3. The normalized spacial score (nSPS) is 34.3. The van der Waals surface area contributed by atoms with Crippen molar-refractivity contribution < 1.29 is 0 Å². The summed E-state index contributed by atoms with van der Waals surface area (Å²) < 4.78 is 0. The molecule has 0 aromatic heterocycles. The molecule has 0 N–H and O–H groups in total. The van der Waals surface area contributed by atoms with Gasteiger partial charge in [-0.15, -0.1) is 0 Å². The van der Waals surface area contributed by atoms with Gasteiger partial charge in [-0.25, -0.2) is 0 Å². The van der Waals surface area contributed by atoms with Crippen molar-refractivity contribution in [2.75, 3.05) is 4.90 Å². The Hall–Kier alpha value is -4.62. The van der Waals surface area contributed by atoms with Crippen molar-refractivity contribution >= 4 is 27.8 Å². The molecular weight excluding hydrogens is 687 g/mol. The highest BCUT2D eigenvalue weighted by Gasteiger charge is 2.61. The number of benzene rings is 6. The molecule has 282 valence electrons. The van der Waals surface area contributed by atoms with E-state index in [9.17, 15) is 0 Å². The van der Waals surface area contributed by atoms with Crippen molar-refractivity contribution in [2.24, 2.45) is 47.3 Å². The minimum atomic E-state index is 0.122. The van der Waals surface area contributed by atoms with Gasteiger partial charge in [0.2, 0.25) is 0 Å². The lowest BCUT2D eigenvalue weighted by Crippen LogP contribution is -2.48. The third kappa shape index (κ3) is 4.12. The average molecular weight is 740 g/mol. The second-order valence-electron chi connectivity index (χ2n) is 20.4. The molecule has 6 aromatic rings. The summed E-state index contributed by atoms with van der Waals surface area (Å²) in [7, 11) is 0. The Labute approximate surface area is 338 Å². The minimum absolute atomic E-state index is 0.122. The van der Waals surface area contributed by atoms with Gasteiger partial charge in [-0.1, -0.05) is 110 Å². The number of hydrogen-bond acceptors (Lipinski definition) is 1. The SMILES string of the molecule is c1ccc2c(c1)-c1ccc(N(c3ccc4ccccc4c3)c3cccc4c3-c3ccccc3C43C4CCC5CC(C4)CC3C5)cc1C21C2CCC3CC(C2)CC1C3. The molecule has 0 aliphatic heterocycles. The summed E-state index contributed by atoms with van der Waals surface area (Å²) in [5.74, 6) is 6.64. The minimum Gasteiger partial charge on any atom is -0.310 e. The van der Waals surface area contributed by atoms with Gasteiger partial charge >= 0.3 is 0 Å². The van der Waals surface area contributed by atoms with E-state index < -0.39 is 0 Å². The van der Waals surface area contributed by atoms with Crippen molar-refractivity contribution in [3.63, 3.8) is 0 Å². The van der Waals surface area contributed by atoms with Crippen LogP contribution < -0.4 is 4.90 Å². The molecule has 6 aromatic carbocycles. The maximum atomic E-state index is 2.73. The molecule has 8 bridgehead atoms. The lowest BCUT2D eigenvalue weighted by atomic mass is 9.50. The Morgan fingerprint density at radius 2 is 0.912 bits per heavy atom. The quantitative estimate of drug-likeness (QED) is 0.175. The second-order valence-corrected chi connectivity index (χ2v) is 20.4. The van der Waals surface area contributed by atoms with Crippen LogP contribution in [0.15, 0.2) is 127 Å². The summed E-state index contributed by atoms with van der Waals surface area (Å²) in [4.78, 5) is 2.71.